The van der Waals surface area contributed by atoms with Crippen LogP contribution in [0.4, 0.5) is 8.78 Å². The first-order valence-electron chi connectivity index (χ1n) is 5.02. The first-order chi connectivity index (χ1) is 7.75. The summed E-state index contributed by atoms with van der Waals surface area (Å²) in [4.78, 5) is 0. The van der Waals surface area contributed by atoms with Crippen molar-refractivity contribution in [2.75, 3.05) is 0 Å². The maximum absolute atomic E-state index is 13.5. The Labute approximate surface area is 91.1 Å². The van der Waals surface area contributed by atoms with Gasteiger partial charge in [0.2, 0.25) is 0 Å². The highest BCUT2D eigenvalue weighted by Crippen LogP contribution is 2.26. The Morgan fingerprint density at radius 1 is 0.625 bits per heavy atom. The standard InChI is InChI=1S/C14H8F2/c15-13-5-6-14(16)12-8-10-4-2-1-3-9(10)7-11(12)13/h1-8H. The second kappa shape index (κ2) is 3.27. The van der Waals surface area contributed by atoms with Crippen LogP contribution < -0.4 is 0 Å². The van der Waals surface area contributed by atoms with E-state index in [9.17, 15) is 8.78 Å². The summed E-state index contributed by atoms with van der Waals surface area (Å²) in [5.74, 6) is -0.774. The number of rotatable bonds is 0. The topological polar surface area (TPSA) is 0 Å². The van der Waals surface area contributed by atoms with E-state index in [4.69, 9.17) is 0 Å². The number of hydrogen-bond donors (Lipinski definition) is 0. The molecule has 0 amide bonds. The maximum Gasteiger partial charge on any atom is 0.131 e. The summed E-state index contributed by atoms with van der Waals surface area (Å²) in [6.45, 7) is 0. The lowest BCUT2D eigenvalue weighted by Crippen LogP contribution is -1.85. The van der Waals surface area contributed by atoms with Gasteiger partial charge >= 0.3 is 0 Å². The van der Waals surface area contributed by atoms with Gasteiger partial charge in [0.1, 0.15) is 11.6 Å². The maximum atomic E-state index is 13.5. The zero-order valence-corrected chi connectivity index (χ0v) is 8.37. The Hall–Kier alpha value is -1.96. The van der Waals surface area contributed by atoms with Gasteiger partial charge in [-0.15, -0.1) is 0 Å². The highest BCUT2D eigenvalue weighted by atomic mass is 19.1. The molecule has 3 rings (SSSR count). The molecule has 78 valence electrons. The van der Waals surface area contributed by atoms with Crippen molar-refractivity contribution in [2.24, 2.45) is 0 Å². The SMILES string of the molecule is Fc1ccc(F)c2cc3ccccc3cc12. The molecule has 3 aromatic rings. The van der Waals surface area contributed by atoms with Gasteiger partial charge in [-0.25, -0.2) is 8.78 Å². The second-order valence-corrected chi connectivity index (χ2v) is 3.77. The number of hydrogen-bond acceptors (Lipinski definition) is 0. The van der Waals surface area contributed by atoms with Crippen molar-refractivity contribution in [3.8, 4) is 0 Å². The van der Waals surface area contributed by atoms with E-state index in [1.807, 2.05) is 24.3 Å². The fourth-order valence-electron chi connectivity index (χ4n) is 1.96. The van der Waals surface area contributed by atoms with Crippen LogP contribution in [0.5, 0.6) is 0 Å². The van der Waals surface area contributed by atoms with Crippen molar-refractivity contribution in [1.82, 2.24) is 0 Å². The lowest BCUT2D eigenvalue weighted by atomic mass is 10.0. The van der Waals surface area contributed by atoms with E-state index in [0.717, 1.165) is 22.9 Å². The van der Waals surface area contributed by atoms with Crippen LogP contribution in [0.3, 0.4) is 0 Å². The van der Waals surface area contributed by atoms with Crippen molar-refractivity contribution in [3.05, 3.63) is 60.2 Å². The molecule has 0 radical (unpaired) electrons. The predicted octanol–water partition coefficient (Wildman–Crippen LogP) is 4.27. The summed E-state index contributed by atoms with van der Waals surface area (Å²) >= 11 is 0. The van der Waals surface area contributed by atoms with Crippen LogP contribution in [-0.4, -0.2) is 0 Å². The van der Waals surface area contributed by atoms with E-state index in [1.54, 1.807) is 12.1 Å². The Morgan fingerprint density at radius 3 is 1.50 bits per heavy atom. The van der Waals surface area contributed by atoms with Crippen molar-refractivity contribution in [2.45, 2.75) is 0 Å². The molecule has 0 nitrogen and oxygen atoms in total. The molecule has 0 fully saturated rings. The third kappa shape index (κ3) is 1.27. The lowest BCUT2D eigenvalue weighted by molar-refractivity contribution is 0.618. The van der Waals surface area contributed by atoms with Gasteiger partial charge in [-0.2, -0.15) is 0 Å². The molecule has 0 aromatic heterocycles. The van der Waals surface area contributed by atoms with Crippen LogP contribution >= 0.6 is 0 Å². The fraction of sp³-hybridized carbons (Fsp3) is 0. The van der Waals surface area contributed by atoms with E-state index < -0.39 is 0 Å². The van der Waals surface area contributed by atoms with Gasteiger partial charge < -0.3 is 0 Å². The van der Waals surface area contributed by atoms with Gasteiger partial charge in [0.15, 0.2) is 0 Å². The van der Waals surface area contributed by atoms with E-state index >= 15 is 0 Å². The zero-order chi connectivity index (χ0) is 11.1. The lowest BCUT2D eigenvalue weighted by Gasteiger charge is -2.04. The van der Waals surface area contributed by atoms with Crippen LogP contribution in [0, 0.1) is 11.6 Å². The minimum Gasteiger partial charge on any atom is -0.206 e. The molecule has 3 aromatic carbocycles. The summed E-state index contributed by atoms with van der Waals surface area (Å²) in [6, 6.07) is 13.2. The van der Waals surface area contributed by atoms with E-state index in [1.165, 1.54) is 0 Å². The highest BCUT2D eigenvalue weighted by molar-refractivity contribution is 5.98. The van der Waals surface area contributed by atoms with Gasteiger partial charge in [0.25, 0.3) is 0 Å². The first kappa shape index (κ1) is 9.28. The van der Waals surface area contributed by atoms with E-state index in [0.29, 0.717) is 10.8 Å². The van der Waals surface area contributed by atoms with Crippen molar-refractivity contribution in [3.63, 3.8) is 0 Å². The molecule has 0 saturated carbocycles. The van der Waals surface area contributed by atoms with E-state index in [-0.39, 0.29) is 11.6 Å². The fourth-order valence-corrected chi connectivity index (χ4v) is 1.96. The smallest absolute Gasteiger partial charge is 0.131 e. The van der Waals surface area contributed by atoms with Gasteiger partial charge in [0, 0.05) is 10.8 Å². The minimum absolute atomic E-state index is 0.332. The monoisotopic (exact) mass is 214 g/mol. The van der Waals surface area contributed by atoms with Crippen LogP contribution in [0.25, 0.3) is 21.5 Å². The molecule has 0 N–H and O–H groups in total. The molecular weight excluding hydrogens is 206 g/mol. The molecule has 2 heteroatoms. The highest BCUT2D eigenvalue weighted by Gasteiger charge is 2.06. The van der Waals surface area contributed by atoms with Gasteiger partial charge in [-0.1, -0.05) is 24.3 Å². The summed E-state index contributed by atoms with van der Waals surface area (Å²) < 4.78 is 27.1. The predicted molar refractivity (Wildman–Crippen MR) is 61.4 cm³/mol. The molecule has 0 heterocycles. The Balaban J connectivity index is 2.56. The third-order valence-corrected chi connectivity index (χ3v) is 2.78. The minimum atomic E-state index is -0.387. The zero-order valence-electron chi connectivity index (χ0n) is 8.37. The molecule has 0 atom stereocenters. The Bertz CT molecular complexity index is 627. The molecular formula is C14H8F2. The van der Waals surface area contributed by atoms with Gasteiger partial charge in [-0.3, -0.25) is 0 Å². The molecule has 0 aliphatic heterocycles. The van der Waals surface area contributed by atoms with Crippen LogP contribution in [0.1, 0.15) is 0 Å². The molecule has 0 aliphatic carbocycles. The molecule has 0 bridgehead atoms. The number of fused-ring (bicyclic) bond motifs is 2. The Kier molecular flexibility index (Phi) is 1.90. The largest absolute Gasteiger partial charge is 0.206 e. The molecule has 16 heavy (non-hydrogen) atoms. The third-order valence-electron chi connectivity index (χ3n) is 2.78. The van der Waals surface area contributed by atoms with Gasteiger partial charge in [-0.05, 0) is 35.0 Å². The molecule has 0 aliphatic rings. The average Bonchev–Trinajstić information content (AvgIpc) is 2.32. The van der Waals surface area contributed by atoms with Gasteiger partial charge in [0.05, 0.1) is 0 Å². The van der Waals surface area contributed by atoms with Crippen LogP contribution in [0.2, 0.25) is 0 Å². The normalized spacial score (nSPS) is 11.1. The van der Waals surface area contributed by atoms with Crippen LogP contribution in [-0.2, 0) is 0 Å². The number of halogens is 2. The molecule has 0 saturated heterocycles. The summed E-state index contributed by atoms with van der Waals surface area (Å²) in [5, 5.41) is 2.50. The van der Waals surface area contributed by atoms with Crippen molar-refractivity contribution >= 4 is 21.5 Å². The van der Waals surface area contributed by atoms with E-state index in [2.05, 4.69) is 0 Å². The van der Waals surface area contributed by atoms with Crippen molar-refractivity contribution < 1.29 is 8.78 Å². The van der Waals surface area contributed by atoms with Crippen LogP contribution in [0.15, 0.2) is 48.5 Å². The average molecular weight is 214 g/mol. The summed E-state index contributed by atoms with van der Waals surface area (Å²) in [6.07, 6.45) is 0. The molecule has 0 unspecified atom stereocenters. The second-order valence-electron chi connectivity index (χ2n) is 3.77. The molecule has 0 spiro atoms. The van der Waals surface area contributed by atoms with Crippen molar-refractivity contribution in [1.29, 1.82) is 0 Å². The number of benzene rings is 3. The summed E-state index contributed by atoms with van der Waals surface area (Å²) in [5.41, 5.74) is 0. The first-order valence-corrected chi connectivity index (χ1v) is 5.02. The Morgan fingerprint density at radius 2 is 1.06 bits per heavy atom. The summed E-state index contributed by atoms with van der Waals surface area (Å²) in [7, 11) is 0. The quantitative estimate of drug-likeness (QED) is 0.490.